The molecule has 0 unspecified atom stereocenters. The standard InChI is InChI=1S/C11H22N2/c1-3-5-7-11-8-10-13(12-11)9-6-4-2/h3-10H2,1-2H3. The highest BCUT2D eigenvalue weighted by Gasteiger charge is 2.12. The summed E-state index contributed by atoms with van der Waals surface area (Å²) in [5.74, 6) is 0. The van der Waals surface area contributed by atoms with E-state index in [2.05, 4.69) is 24.0 Å². The van der Waals surface area contributed by atoms with Gasteiger partial charge < -0.3 is 0 Å². The van der Waals surface area contributed by atoms with Crippen molar-refractivity contribution in [1.29, 1.82) is 0 Å². The van der Waals surface area contributed by atoms with Gasteiger partial charge in [0.05, 0.1) is 0 Å². The lowest BCUT2D eigenvalue weighted by Crippen LogP contribution is -2.14. The summed E-state index contributed by atoms with van der Waals surface area (Å²) in [6, 6.07) is 0. The largest absolute Gasteiger partial charge is 0.297 e. The van der Waals surface area contributed by atoms with E-state index in [0.717, 1.165) is 6.54 Å². The van der Waals surface area contributed by atoms with Crippen molar-refractivity contribution >= 4 is 5.71 Å². The van der Waals surface area contributed by atoms with Crippen LogP contribution in [0.3, 0.4) is 0 Å². The molecule has 1 rings (SSSR count). The molecule has 13 heavy (non-hydrogen) atoms. The number of rotatable bonds is 6. The molecule has 0 saturated carbocycles. The van der Waals surface area contributed by atoms with Crippen LogP contribution in [0.2, 0.25) is 0 Å². The molecule has 0 aromatic rings. The van der Waals surface area contributed by atoms with Crippen molar-refractivity contribution in [2.24, 2.45) is 5.10 Å². The van der Waals surface area contributed by atoms with E-state index in [1.807, 2.05) is 0 Å². The van der Waals surface area contributed by atoms with E-state index >= 15 is 0 Å². The van der Waals surface area contributed by atoms with Gasteiger partial charge >= 0.3 is 0 Å². The summed E-state index contributed by atoms with van der Waals surface area (Å²) < 4.78 is 0. The molecule has 0 radical (unpaired) electrons. The zero-order valence-corrected chi connectivity index (χ0v) is 9.05. The minimum Gasteiger partial charge on any atom is -0.297 e. The number of hydrogen-bond acceptors (Lipinski definition) is 2. The van der Waals surface area contributed by atoms with Crippen molar-refractivity contribution in [1.82, 2.24) is 5.01 Å². The number of unbranched alkanes of at least 4 members (excludes halogenated alkanes) is 2. The third-order valence-corrected chi connectivity index (χ3v) is 2.53. The van der Waals surface area contributed by atoms with Crippen molar-refractivity contribution in [3.8, 4) is 0 Å². The fraction of sp³-hybridized carbons (Fsp3) is 0.909. The highest BCUT2D eigenvalue weighted by atomic mass is 15.5. The van der Waals surface area contributed by atoms with Gasteiger partial charge in [0, 0.05) is 25.2 Å². The van der Waals surface area contributed by atoms with Crippen molar-refractivity contribution in [3.63, 3.8) is 0 Å². The molecule has 2 nitrogen and oxygen atoms in total. The van der Waals surface area contributed by atoms with Gasteiger partial charge in [0.25, 0.3) is 0 Å². The van der Waals surface area contributed by atoms with E-state index in [0.29, 0.717) is 0 Å². The first-order valence-corrected chi connectivity index (χ1v) is 5.68. The van der Waals surface area contributed by atoms with Crippen LogP contribution in [0.25, 0.3) is 0 Å². The van der Waals surface area contributed by atoms with E-state index < -0.39 is 0 Å². The Bertz CT molecular complexity index is 163. The molecule has 2 heteroatoms. The van der Waals surface area contributed by atoms with Crippen LogP contribution >= 0.6 is 0 Å². The van der Waals surface area contributed by atoms with E-state index in [-0.39, 0.29) is 0 Å². The summed E-state index contributed by atoms with van der Waals surface area (Å²) >= 11 is 0. The second kappa shape index (κ2) is 6.01. The molecule has 1 aliphatic heterocycles. The Morgan fingerprint density at radius 3 is 2.69 bits per heavy atom. The number of nitrogens with zero attached hydrogens (tertiary/aromatic N) is 2. The zero-order chi connectivity index (χ0) is 9.52. The third kappa shape index (κ3) is 3.79. The highest BCUT2D eigenvalue weighted by molar-refractivity contribution is 5.85. The van der Waals surface area contributed by atoms with Gasteiger partial charge in [-0.3, -0.25) is 5.01 Å². The van der Waals surface area contributed by atoms with E-state index in [4.69, 9.17) is 0 Å². The Morgan fingerprint density at radius 1 is 1.23 bits per heavy atom. The smallest absolute Gasteiger partial charge is 0.0413 e. The maximum Gasteiger partial charge on any atom is 0.0413 e. The van der Waals surface area contributed by atoms with Crippen LogP contribution in [-0.4, -0.2) is 23.8 Å². The molecule has 0 aromatic carbocycles. The van der Waals surface area contributed by atoms with Crippen LogP contribution in [0.15, 0.2) is 5.10 Å². The molecule has 1 heterocycles. The molecular formula is C11H22N2. The first-order chi connectivity index (χ1) is 6.36. The van der Waals surface area contributed by atoms with E-state index in [9.17, 15) is 0 Å². The average molecular weight is 182 g/mol. The monoisotopic (exact) mass is 182 g/mol. The van der Waals surface area contributed by atoms with Gasteiger partial charge in [-0.2, -0.15) is 5.10 Å². The number of hydrogen-bond donors (Lipinski definition) is 0. The Balaban J connectivity index is 2.18. The minimum atomic E-state index is 1.16. The first-order valence-electron chi connectivity index (χ1n) is 5.68. The predicted molar refractivity (Wildman–Crippen MR) is 58.1 cm³/mol. The Labute approximate surface area is 82.0 Å². The van der Waals surface area contributed by atoms with Crippen LogP contribution < -0.4 is 0 Å². The van der Waals surface area contributed by atoms with Crippen LogP contribution in [0.4, 0.5) is 0 Å². The molecule has 0 aromatic heterocycles. The van der Waals surface area contributed by atoms with Crippen molar-refractivity contribution in [3.05, 3.63) is 0 Å². The second-order valence-electron chi connectivity index (χ2n) is 3.83. The molecule has 1 aliphatic rings. The summed E-state index contributed by atoms with van der Waals surface area (Å²) in [7, 11) is 0. The van der Waals surface area contributed by atoms with Crippen LogP contribution in [0.1, 0.15) is 52.4 Å². The van der Waals surface area contributed by atoms with Gasteiger partial charge in [-0.25, -0.2) is 0 Å². The van der Waals surface area contributed by atoms with Crippen molar-refractivity contribution in [2.45, 2.75) is 52.4 Å². The van der Waals surface area contributed by atoms with Crippen LogP contribution in [-0.2, 0) is 0 Å². The molecule has 0 atom stereocenters. The van der Waals surface area contributed by atoms with Crippen LogP contribution in [0, 0.1) is 0 Å². The topological polar surface area (TPSA) is 15.6 Å². The molecule has 76 valence electrons. The summed E-state index contributed by atoms with van der Waals surface area (Å²) in [6.45, 7) is 6.80. The fourth-order valence-electron chi connectivity index (χ4n) is 1.62. The van der Waals surface area contributed by atoms with Gasteiger partial charge in [0.15, 0.2) is 0 Å². The summed E-state index contributed by atoms with van der Waals surface area (Å²) in [4.78, 5) is 0. The lowest BCUT2D eigenvalue weighted by Gasteiger charge is -2.11. The maximum absolute atomic E-state index is 4.61. The van der Waals surface area contributed by atoms with Gasteiger partial charge in [0.2, 0.25) is 0 Å². The molecule has 0 bridgehead atoms. The molecule has 0 N–H and O–H groups in total. The van der Waals surface area contributed by atoms with Gasteiger partial charge in [-0.05, 0) is 19.3 Å². The first kappa shape index (κ1) is 10.6. The summed E-state index contributed by atoms with van der Waals surface area (Å²) in [6.07, 6.45) is 7.58. The maximum atomic E-state index is 4.61. The Hall–Kier alpha value is -0.530. The van der Waals surface area contributed by atoms with Gasteiger partial charge in [-0.1, -0.05) is 26.7 Å². The van der Waals surface area contributed by atoms with Gasteiger partial charge in [-0.15, -0.1) is 0 Å². The van der Waals surface area contributed by atoms with Crippen LogP contribution in [0.5, 0.6) is 0 Å². The third-order valence-electron chi connectivity index (χ3n) is 2.53. The summed E-state index contributed by atoms with van der Waals surface area (Å²) in [5, 5.41) is 6.86. The number of hydrazone groups is 1. The molecule has 0 spiro atoms. The molecule has 0 amide bonds. The van der Waals surface area contributed by atoms with Crippen molar-refractivity contribution < 1.29 is 0 Å². The average Bonchev–Trinajstić information content (AvgIpc) is 2.59. The quantitative estimate of drug-likeness (QED) is 0.616. The molecule has 0 aliphatic carbocycles. The zero-order valence-electron chi connectivity index (χ0n) is 9.05. The Kier molecular flexibility index (Phi) is 4.87. The van der Waals surface area contributed by atoms with Gasteiger partial charge in [0.1, 0.15) is 0 Å². The summed E-state index contributed by atoms with van der Waals surface area (Å²) in [5.41, 5.74) is 1.43. The fourth-order valence-corrected chi connectivity index (χ4v) is 1.62. The highest BCUT2D eigenvalue weighted by Crippen LogP contribution is 2.11. The molecule has 0 saturated heterocycles. The Morgan fingerprint density at radius 2 is 2.00 bits per heavy atom. The molecule has 0 fully saturated rings. The van der Waals surface area contributed by atoms with Crippen molar-refractivity contribution in [2.75, 3.05) is 13.1 Å². The lowest BCUT2D eigenvalue weighted by atomic mass is 10.1. The second-order valence-corrected chi connectivity index (χ2v) is 3.83. The normalized spacial score (nSPS) is 16.5. The molecular weight excluding hydrogens is 160 g/mol. The predicted octanol–water partition coefficient (Wildman–Crippen LogP) is 3.04. The lowest BCUT2D eigenvalue weighted by molar-refractivity contribution is 0.312. The SMILES string of the molecule is CCCCC1=NN(CCCC)CC1. The van der Waals surface area contributed by atoms with E-state index in [1.165, 1.54) is 50.8 Å². The minimum absolute atomic E-state index is 1.16. The van der Waals surface area contributed by atoms with E-state index in [1.54, 1.807) is 0 Å².